The Hall–Kier alpha value is -2.83. The van der Waals surface area contributed by atoms with Gasteiger partial charge >= 0.3 is 0 Å². The molecule has 0 heterocycles. The van der Waals surface area contributed by atoms with E-state index in [2.05, 4.69) is 10.0 Å². The molecule has 0 aliphatic carbocycles. The third-order valence-electron chi connectivity index (χ3n) is 4.22. The predicted octanol–water partition coefficient (Wildman–Crippen LogP) is 5.01. The van der Waals surface area contributed by atoms with Crippen molar-refractivity contribution < 1.29 is 13.2 Å². The van der Waals surface area contributed by atoms with Crippen LogP contribution in [0.15, 0.2) is 71.6 Å². The molecule has 0 atom stereocenters. The minimum absolute atomic E-state index is 0.0967. The van der Waals surface area contributed by atoms with Crippen molar-refractivity contribution in [2.45, 2.75) is 18.7 Å². The fraction of sp³-hybridized carbons (Fsp3) is 0.0952. The van der Waals surface area contributed by atoms with E-state index in [1.807, 2.05) is 13.0 Å². The lowest BCUT2D eigenvalue weighted by Gasteiger charge is -2.12. The van der Waals surface area contributed by atoms with Crippen molar-refractivity contribution in [1.82, 2.24) is 0 Å². The van der Waals surface area contributed by atoms with Crippen LogP contribution in [0.1, 0.15) is 21.5 Å². The Bertz CT molecular complexity index is 1130. The third kappa shape index (κ3) is 4.52. The minimum atomic E-state index is -3.78. The van der Waals surface area contributed by atoms with E-state index in [0.717, 1.165) is 5.56 Å². The Morgan fingerprint density at radius 1 is 0.893 bits per heavy atom. The molecule has 3 aromatic carbocycles. The van der Waals surface area contributed by atoms with Crippen molar-refractivity contribution in [2.75, 3.05) is 10.0 Å². The summed E-state index contributed by atoms with van der Waals surface area (Å²) >= 11 is 6.06. The summed E-state index contributed by atoms with van der Waals surface area (Å²) in [6.07, 6.45) is 0. The molecule has 2 N–H and O–H groups in total. The number of hydrogen-bond acceptors (Lipinski definition) is 3. The Morgan fingerprint density at radius 3 is 2.25 bits per heavy atom. The van der Waals surface area contributed by atoms with Crippen LogP contribution in [0.4, 0.5) is 11.4 Å². The summed E-state index contributed by atoms with van der Waals surface area (Å²) in [5.41, 5.74) is 2.95. The van der Waals surface area contributed by atoms with Crippen molar-refractivity contribution >= 4 is 38.9 Å². The first-order valence-electron chi connectivity index (χ1n) is 8.52. The summed E-state index contributed by atoms with van der Waals surface area (Å²) in [4.78, 5) is 12.4. The van der Waals surface area contributed by atoms with Gasteiger partial charge in [-0.25, -0.2) is 8.42 Å². The van der Waals surface area contributed by atoms with Crippen LogP contribution in [0.3, 0.4) is 0 Å². The van der Waals surface area contributed by atoms with Gasteiger partial charge in [0.05, 0.1) is 10.6 Å². The van der Waals surface area contributed by atoms with Crippen LogP contribution in [0, 0.1) is 13.8 Å². The summed E-state index contributed by atoms with van der Waals surface area (Å²) in [6, 6.07) is 18.3. The Labute approximate surface area is 169 Å². The molecule has 144 valence electrons. The summed E-state index contributed by atoms with van der Waals surface area (Å²) in [5, 5.41) is 3.28. The van der Waals surface area contributed by atoms with Crippen LogP contribution in [-0.2, 0) is 10.0 Å². The van der Waals surface area contributed by atoms with Gasteiger partial charge in [-0.15, -0.1) is 0 Å². The zero-order valence-electron chi connectivity index (χ0n) is 15.4. The second-order valence-corrected chi connectivity index (χ2v) is 8.46. The van der Waals surface area contributed by atoms with Gasteiger partial charge in [0.1, 0.15) is 0 Å². The zero-order valence-corrected chi connectivity index (χ0v) is 16.9. The molecule has 0 radical (unpaired) electrons. The Kier molecular flexibility index (Phi) is 5.72. The van der Waals surface area contributed by atoms with Gasteiger partial charge < -0.3 is 5.32 Å². The summed E-state index contributed by atoms with van der Waals surface area (Å²) < 4.78 is 27.8. The number of sulfonamides is 1. The van der Waals surface area contributed by atoms with E-state index in [1.54, 1.807) is 55.5 Å². The highest BCUT2D eigenvalue weighted by Crippen LogP contribution is 2.25. The summed E-state index contributed by atoms with van der Waals surface area (Å²) in [6.45, 7) is 3.58. The van der Waals surface area contributed by atoms with Gasteiger partial charge in [0, 0.05) is 16.3 Å². The monoisotopic (exact) mass is 414 g/mol. The smallest absolute Gasteiger partial charge is 0.261 e. The molecule has 3 rings (SSSR count). The fourth-order valence-electron chi connectivity index (χ4n) is 2.60. The molecule has 0 fully saturated rings. The number of nitrogens with one attached hydrogen (secondary N) is 2. The lowest BCUT2D eigenvalue weighted by atomic mass is 10.1. The standard InChI is InChI=1S/C21H19ClN2O3S/c1-14-8-9-17(13-19(14)22)24-28(26,27)18-10-11-20(15(2)12-18)23-21(25)16-6-4-3-5-7-16/h3-13,24H,1-2H3,(H,23,25). The van der Waals surface area contributed by atoms with E-state index in [0.29, 0.717) is 27.5 Å². The topological polar surface area (TPSA) is 75.3 Å². The van der Waals surface area contributed by atoms with E-state index in [9.17, 15) is 13.2 Å². The Balaban J connectivity index is 1.80. The van der Waals surface area contributed by atoms with Crippen LogP contribution in [0.5, 0.6) is 0 Å². The van der Waals surface area contributed by atoms with Crippen molar-refractivity contribution in [3.05, 3.63) is 88.4 Å². The highest BCUT2D eigenvalue weighted by molar-refractivity contribution is 7.92. The molecule has 0 spiro atoms. The predicted molar refractivity (Wildman–Crippen MR) is 113 cm³/mol. The number of rotatable bonds is 5. The van der Waals surface area contributed by atoms with E-state index in [4.69, 9.17) is 11.6 Å². The molecule has 0 unspecified atom stereocenters. The number of hydrogen-bond donors (Lipinski definition) is 2. The SMILES string of the molecule is Cc1ccc(NS(=O)(=O)c2ccc(NC(=O)c3ccccc3)c(C)c2)cc1Cl. The highest BCUT2D eigenvalue weighted by Gasteiger charge is 2.17. The van der Waals surface area contributed by atoms with Gasteiger partial charge in [-0.1, -0.05) is 35.9 Å². The molecular formula is C21H19ClN2O3S. The lowest BCUT2D eigenvalue weighted by Crippen LogP contribution is -2.15. The quantitative estimate of drug-likeness (QED) is 0.616. The Morgan fingerprint density at radius 2 is 1.61 bits per heavy atom. The van der Waals surface area contributed by atoms with E-state index >= 15 is 0 Å². The molecule has 3 aromatic rings. The van der Waals surface area contributed by atoms with Gasteiger partial charge in [-0.05, 0) is 67.4 Å². The van der Waals surface area contributed by atoms with E-state index in [-0.39, 0.29) is 10.8 Å². The van der Waals surface area contributed by atoms with Gasteiger partial charge in [-0.2, -0.15) is 0 Å². The number of amides is 1. The van der Waals surface area contributed by atoms with Crippen LogP contribution in [-0.4, -0.2) is 14.3 Å². The maximum Gasteiger partial charge on any atom is 0.261 e. The van der Waals surface area contributed by atoms with Crippen LogP contribution in [0.25, 0.3) is 0 Å². The van der Waals surface area contributed by atoms with Crippen LogP contribution in [0.2, 0.25) is 5.02 Å². The molecule has 0 saturated carbocycles. The molecule has 0 bridgehead atoms. The van der Waals surface area contributed by atoms with Gasteiger partial charge in [-0.3, -0.25) is 9.52 Å². The zero-order chi connectivity index (χ0) is 20.3. The maximum atomic E-state index is 12.7. The van der Waals surface area contributed by atoms with Crippen molar-refractivity contribution in [3.63, 3.8) is 0 Å². The highest BCUT2D eigenvalue weighted by atomic mass is 35.5. The normalized spacial score (nSPS) is 11.1. The molecular weight excluding hydrogens is 396 g/mol. The van der Waals surface area contributed by atoms with Crippen molar-refractivity contribution in [2.24, 2.45) is 0 Å². The average molecular weight is 415 g/mol. The largest absolute Gasteiger partial charge is 0.322 e. The second-order valence-electron chi connectivity index (χ2n) is 6.37. The molecule has 0 aliphatic heterocycles. The molecule has 5 nitrogen and oxygen atoms in total. The number of halogens is 1. The fourth-order valence-corrected chi connectivity index (χ4v) is 3.91. The molecule has 7 heteroatoms. The number of aryl methyl sites for hydroxylation is 2. The summed E-state index contributed by atoms with van der Waals surface area (Å²) in [7, 11) is -3.78. The molecule has 0 saturated heterocycles. The minimum Gasteiger partial charge on any atom is -0.322 e. The molecule has 28 heavy (non-hydrogen) atoms. The molecule has 1 amide bonds. The first kappa shape index (κ1) is 19.9. The maximum absolute atomic E-state index is 12.7. The summed E-state index contributed by atoms with van der Waals surface area (Å²) in [5.74, 6) is -0.258. The van der Waals surface area contributed by atoms with Gasteiger partial charge in [0.15, 0.2) is 0 Å². The van der Waals surface area contributed by atoms with E-state index in [1.165, 1.54) is 12.1 Å². The third-order valence-corrected chi connectivity index (χ3v) is 6.00. The number of carbonyl (C=O) groups is 1. The van der Waals surface area contributed by atoms with Crippen molar-refractivity contribution in [1.29, 1.82) is 0 Å². The van der Waals surface area contributed by atoms with Crippen LogP contribution >= 0.6 is 11.6 Å². The average Bonchev–Trinajstić information content (AvgIpc) is 2.66. The van der Waals surface area contributed by atoms with E-state index < -0.39 is 10.0 Å². The van der Waals surface area contributed by atoms with Gasteiger partial charge in [0.25, 0.3) is 15.9 Å². The molecule has 0 aliphatic rings. The first-order valence-corrected chi connectivity index (χ1v) is 10.4. The number of carbonyl (C=O) groups excluding carboxylic acids is 1. The lowest BCUT2D eigenvalue weighted by molar-refractivity contribution is 0.102. The molecule has 0 aromatic heterocycles. The number of benzene rings is 3. The van der Waals surface area contributed by atoms with Crippen molar-refractivity contribution in [3.8, 4) is 0 Å². The first-order chi connectivity index (χ1) is 13.3. The number of anilines is 2. The second kappa shape index (κ2) is 8.04. The van der Waals surface area contributed by atoms with Crippen LogP contribution < -0.4 is 10.0 Å². The van der Waals surface area contributed by atoms with Gasteiger partial charge in [0.2, 0.25) is 0 Å².